The SMILES string of the molecule is C#CCCCNC(=O)Nc1sccc1C(=O)O. The fourth-order valence-corrected chi connectivity index (χ4v) is 1.89. The summed E-state index contributed by atoms with van der Waals surface area (Å²) in [5.74, 6) is 1.40. The number of carboxylic acid groups (broad SMARTS) is 1. The second kappa shape index (κ2) is 6.55. The maximum absolute atomic E-state index is 11.4. The third-order valence-corrected chi connectivity index (χ3v) is 2.74. The molecule has 1 aromatic heterocycles. The van der Waals surface area contributed by atoms with Crippen LogP contribution in [0.4, 0.5) is 9.80 Å². The van der Waals surface area contributed by atoms with Gasteiger partial charge in [-0.3, -0.25) is 5.32 Å². The number of amides is 2. The average Bonchev–Trinajstić information content (AvgIpc) is 2.72. The first-order chi connectivity index (χ1) is 8.15. The maximum atomic E-state index is 11.4. The lowest BCUT2D eigenvalue weighted by molar-refractivity contribution is 0.0698. The van der Waals surface area contributed by atoms with E-state index in [2.05, 4.69) is 16.6 Å². The van der Waals surface area contributed by atoms with Crippen molar-refractivity contribution in [2.24, 2.45) is 0 Å². The largest absolute Gasteiger partial charge is 0.478 e. The van der Waals surface area contributed by atoms with E-state index < -0.39 is 12.0 Å². The highest BCUT2D eigenvalue weighted by Gasteiger charge is 2.13. The molecule has 17 heavy (non-hydrogen) atoms. The number of aromatic carboxylic acids is 1. The van der Waals surface area contributed by atoms with Gasteiger partial charge in [-0.1, -0.05) is 0 Å². The van der Waals surface area contributed by atoms with Gasteiger partial charge < -0.3 is 10.4 Å². The number of carboxylic acids is 1. The third-order valence-electron chi connectivity index (χ3n) is 1.91. The molecule has 0 spiro atoms. The van der Waals surface area contributed by atoms with E-state index in [1.807, 2.05) is 0 Å². The molecule has 3 N–H and O–H groups in total. The number of anilines is 1. The number of rotatable bonds is 5. The van der Waals surface area contributed by atoms with E-state index in [4.69, 9.17) is 11.5 Å². The molecular formula is C11H12N2O3S. The summed E-state index contributed by atoms with van der Waals surface area (Å²) in [4.78, 5) is 22.2. The number of unbranched alkanes of at least 4 members (excludes halogenated alkanes) is 1. The van der Waals surface area contributed by atoms with Gasteiger partial charge >= 0.3 is 12.0 Å². The molecule has 1 heterocycles. The van der Waals surface area contributed by atoms with Crippen LogP contribution in [0.5, 0.6) is 0 Å². The molecule has 0 radical (unpaired) electrons. The van der Waals surface area contributed by atoms with Crippen LogP contribution >= 0.6 is 11.3 Å². The van der Waals surface area contributed by atoms with E-state index in [0.29, 0.717) is 24.4 Å². The quantitative estimate of drug-likeness (QED) is 0.554. The molecule has 0 atom stereocenters. The minimum atomic E-state index is -1.06. The van der Waals surface area contributed by atoms with Crippen LogP contribution in [-0.2, 0) is 0 Å². The number of hydrogen-bond acceptors (Lipinski definition) is 3. The van der Waals surface area contributed by atoms with Gasteiger partial charge in [-0.05, 0) is 17.9 Å². The number of hydrogen-bond donors (Lipinski definition) is 3. The summed E-state index contributed by atoms with van der Waals surface area (Å²) in [7, 11) is 0. The fraction of sp³-hybridized carbons (Fsp3) is 0.273. The van der Waals surface area contributed by atoms with Gasteiger partial charge in [0.05, 0.1) is 5.56 Å². The Morgan fingerprint density at radius 3 is 2.94 bits per heavy atom. The lowest BCUT2D eigenvalue weighted by Crippen LogP contribution is -2.29. The highest BCUT2D eigenvalue weighted by atomic mass is 32.1. The van der Waals surface area contributed by atoms with E-state index in [1.165, 1.54) is 6.07 Å². The van der Waals surface area contributed by atoms with Crippen molar-refractivity contribution >= 4 is 28.3 Å². The summed E-state index contributed by atoms with van der Waals surface area (Å²) in [5, 5.41) is 15.8. The Hall–Kier alpha value is -2.00. The van der Waals surface area contributed by atoms with E-state index in [-0.39, 0.29) is 5.56 Å². The van der Waals surface area contributed by atoms with E-state index in [1.54, 1.807) is 5.38 Å². The average molecular weight is 252 g/mol. The number of urea groups is 1. The Labute approximate surface area is 103 Å². The lowest BCUT2D eigenvalue weighted by atomic mass is 10.3. The fourth-order valence-electron chi connectivity index (χ4n) is 1.11. The zero-order chi connectivity index (χ0) is 12.7. The Bertz CT molecular complexity index is 448. The van der Waals surface area contributed by atoms with Crippen LogP contribution in [0.3, 0.4) is 0 Å². The van der Waals surface area contributed by atoms with Gasteiger partial charge in [-0.25, -0.2) is 9.59 Å². The normalized spacial score (nSPS) is 9.35. The molecule has 5 nitrogen and oxygen atoms in total. The zero-order valence-electron chi connectivity index (χ0n) is 9.03. The second-order valence-electron chi connectivity index (χ2n) is 3.16. The highest BCUT2D eigenvalue weighted by Crippen LogP contribution is 2.22. The molecule has 90 valence electrons. The summed E-state index contributed by atoms with van der Waals surface area (Å²) in [6.07, 6.45) is 6.36. The first kappa shape index (κ1) is 13.1. The topological polar surface area (TPSA) is 78.4 Å². The maximum Gasteiger partial charge on any atom is 0.338 e. The summed E-state index contributed by atoms with van der Waals surface area (Å²) in [6.45, 7) is 0.462. The molecule has 0 saturated carbocycles. The molecule has 1 rings (SSSR count). The second-order valence-corrected chi connectivity index (χ2v) is 4.07. The van der Waals surface area contributed by atoms with Gasteiger partial charge in [0.2, 0.25) is 0 Å². The molecular weight excluding hydrogens is 240 g/mol. The standard InChI is InChI=1S/C11H12N2O3S/c1-2-3-4-6-12-11(16)13-9-8(10(14)15)5-7-17-9/h1,5,7H,3-4,6H2,(H,14,15)(H2,12,13,16). The van der Waals surface area contributed by atoms with E-state index in [9.17, 15) is 9.59 Å². The van der Waals surface area contributed by atoms with Crippen molar-refractivity contribution in [3.63, 3.8) is 0 Å². The Balaban J connectivity index is 2.43. The Morgan fingerprint density at radius 2 is 2.29 bits per heavy atom. The molecule has 0 aliphatic carbocycles. The van der Waals surface area contributed by atoms with Crippen molar-refractivity contribution in [3.8, 4) is 12.3 Å². The predicted molar refractivity (Wildman–Crippen MR) is 66.4 cm³/mol. The van der Waals surface area contributed by atoms with Crippen LogP contribution in [-0.4, -0.2) is 23.7 Å². The van der Waals surface area contributed by atoms with Crippen LogP contribution in [0.1, 0.15) is 23.2 Å². The lowest BCUT2D eigenvalue weighted by Gasteiger charge is -2.05. The predicted octanol–water partition coefficient (Wildman–Crippen LogP) is 1.98. The van der Waals surface area contributed by atoms with Gasteiger partial charge in [0.15, 0.2) is 0 Å². The molecule has 0 saturated heterocycles. The summed E-state index contributed by atoms with van der Waals surface area (Å²) >= 11 is 1.16. The van der Waals surface area contributed by atoms with Crippen LogP contribution in [0, 0.1) is 12.3 Å². The minimum Gasteiger partial charge on any atom is -0.478 e. The van der Waals surface area contributed by atoms with E-state index >= 15 is 0 Å². The number of terminal acetylenes is 1. The number of carbonyl (C=O) groups excluding carboxylic acids is 1. The Kier molecular flexibility index (Phi) is 5.04. The van der Waals surface area contributed by atoms with Gasteiger partial charge in [-0.15, -0.1) is 23.7 Å². The summed E-state index contributed by atoms with van der Waals surface area (Å²) in [6, 6.07) is 1.02. The van der Waals surface area contributed by atoms with Crippen LogP contribution in [0.25, 0.3) is 0 Å². The molecule has 2 amide bonds. The van der Waals surface area contributed by atoms with Crippen LogP contribution < -0.4 is 10.6 Å². The first-order valence-electron chi connectivity index (χ1n) is 4.94. The van der Waals surface area contributed by atoms with Crippen molar-refractivity contribution in [3.05, 3.63) is 17.0 Å². The van der Waals surface area contributed by atoms with Gasteiger partial charge in [0.1, 0.15) is 5.00 Å². The Morgan fingerprint density at radius 1 is 1.53 bits per heavy atom. The molecule has 0 bridgehead atoms. The van der Waals surface area contributed by atoms with Crippen molar-refractivity contribution in [1.82, 2.24) is 5.32 Å². The monoisotopic (exact) mass is 252 g/mol. The smallest absolute Gasteiger partial charge is 0.338 e. The van der Waals surface area contributed by atoms with E-state index in [0.717, 1.165) is 11.3 Å². The molecule has 0 aliphatic rings. The van der Waals surface area contributed by atoms with Crippen LogP contribution in [0.2, 0.25) is 0 Å². The minimum absolute atomic E-state index is 0.0915. The van der Waals surface area contributed by atoms with Crippen molar-refractivity contribution in [2.75, 3.05) is 11.9 Å². The molecule has 6 heteroatoms. The summed E-state index contributed by atoms with van der Waals surface area (Å²) < 4.78 is 0. The van der Waals surface area contributed by atoms with Gasteiger partial charge in [0, 0.05) is 13.0 Å². The molecule has 0 fully saturated rings. The number of nitrogens with one attached hydrogen (secondary N) is 2. The first-order valence-corrected chi connectivity index (χ1v) is 5.82. The van der Waals surface area contributed by atoms with Crippen molar-refractivity contribution < 1.29 is 14.7 Å². The van der Waals surface area contributed by atoms with Gasteiger partial charge in [-0.2, -0.15) is 0 Å². The molecule has 0 aliphatic heterocycles. The molecule has 1 aromatic rings. The highest BCUT2D eigenvalue weighted by molar-refractivity contribution is 7.14. The van der Waals surface area contributed by atoms with Crippen molar-refractivity contribution in [1.29, 1.82) is 0 Å². The van der Waals surface area contributed by atoms with Gasteiger partial charge in [0.25, 0.3) is 0 Å². The summed E-state index contributed by atoms with van der Waals surface area (Å²) in [5.41, 5.74) is 0.0915. The van der Waals surface area contributed by atoms with Crippen molar-refractivity contribution in [2.45, 2.75) is 12.8 Å². The zero-order valence-corrected chi connectivity index (χ0v) is 9.84. The number of thiophene rings is 1. The van der Waals surface area contributed by atoms with Crippen LogP contribution in [0.15, 0.2) is 11.4 Å². The third kappa shape index (κ3) is 4.17. The molecule has 0 aromatic carbocycles. The molecule has 0 unspecified atom stereocenters. The number of carbonyl (C=O) groups is 2.